The van der Waals surface area contributed by atoms with Crippen LogP contribution in [0, 0.1) is 11.3 Å². The van der Waals surface area contributed by atoms with Gasteiger partial charge >= 0.3 is 0 Å². The number of hydrogen-bond acceptors (Lipinski definition) is 4. The van der Waals surface area contributed by atoms with Crippen LogP contribution in [0.5, 0.6) is 0 Å². The maximum atomic E-state index is 12.7. The number of nitrogens with zero attached hydrogens (tertiary/aromatic N) is 2. The summed E-state index contributed by atoms with van der Waals surface area (Å²) in [7, 11) is -3.57. The number of hydrogen-bond donors (Lipinski definition) is 1. The van der Waals surface area contributed by atoms with Gasteiger partial charge in [-0.05, 0) is 55.3 Å². The maximum Gasteiger partial charge on any atom is 0.255 e. The van der Waals surface area contributed by atoms with Crippen LogP contribution in [-0.4, -0.2) is 31.7 Å². The lowest BCUT2D eigenvalue weighted by Crippen LogP contribution is -2.32. The normalized spacial score (nSPS) is 11.2. The van der Waals surface area contributed by atoms with Crippen molar-refractivity contribution in [3.8, 4) is 6.07 Å². The van der Waals surface area contributed by atoms with E-state index in [2.05, 4.69) is 5.32 Å². The van der Waals surface area contributed by atoms with Crippen molar-refractivity contribution in [2.75, 3.05) is 18.4 Å². The molecule has 0 aliphatic heterocycles. The smallest absolute Gasteiger partial charge is 0.255 e. The Morgan fingerprint density at radius 3 is 2.26 bits per heavy atom. The zero-order valence-corrected chi connectivity index (χ0v) is 16.3. The van der Waals surface area contributed by atoms with Gasteiger partial charge in [0.15, 0.2) is 0 Å². The monoisotopic (exact) mass is 385 g/mol. The Morgan fingerprint density at radius 2 is 1.70 bits per heavy atom. The molecule has 6 nitrogen and oxygen atoms in total. The van der Waals surface area contributed by atoms with Crippen LogP contribution in [0.15, 0.2) is 53.4 Å². The molecular weight excluding hydrogens is 362 g/mol. The Balaban J connectivity index is 2.18. The highest BCUT2D eigenvalue weighted by molar-refractivity contribution is 7.89. The molecule has 0 unspecified atom stereocenters. The van der Waals surface area contributed by atoms with Gasteiger partial charge in [0.05, 0.1) is 16.5 Å². The molecule has 7 heteroatoms. The number of rotatable bonds is 8. The number of nitrogens with one attached hydrogen (secondary N) is 1. The van der Waals surface area contributed by atoms with Crippen molar-refractivity contribution in [1.82, 2.24) is 4.31 Å². The number of anilines is 1. The van der Waals surface area contributed by atoms with Gasteiger partial charge in [-0.15, -0.1) is 0 Å². The molecule has 0 saturated heterocycles. The first-order valence-electron chi connectivity index (χ1n) is 8.84. The van der Waals surface area contributed by atoms with Crippen LogP contribution < -0.4 is 5.32 Å². The third kappa shape index (κ3) is 5.16. The average Bonchev–Trinajstić information content (AvgIpc) is 2.68. The Labute approximate surface area is 160 Å². The molecule has 0 bridgehead atoms. The van der Waals surface area contributed by atoms with E-state index in [4.69, 9.17) is 5.26 Å². The molecule has 0 fully saturated rings. The van der Waals surface area contributed by atoms with E-state index in [1.807, 2.05) is 19.9 Å². The number of carbonyl (C=O) groups excluding carboxylic acids is 1. The maximum absolute atomic E-state index is 12.7. The molecule has 27 heavy (non-hydrogen) atoms. The predicted octanol–water partition coefficient (Wildman–Crippen LogP) is 3.62. The fourth-order valence-electron chi connectivity index (χ4n) is 2.65. The molecule has 0 aromatic heterocycles. The minimum atomic E-state index is -3.57. The zero-order chi connectivity index (χ0) is 19.9. The molecule has 1 amide bonds. The van der Waals surface area contributed by atoms with Crippen molar-refractivity contribution in [3.05, 3.63) is 59.7 Å². The summed E-state index contributed by atoms with van der Waals surface area (Å²) in [5.74, 6) is -0.368. The lowest BCUT2D eigenvalue weighted by atomic mass is 10.2. The van der Waals surface area contributed by atoms with E-state index >= 15 is 0 Å². The topological polar surface area (TPSA) is 90.3 Å². The van der Waals surface area contributed by atoms with Crippen molar-refractivity contribution in [2.24, 2.45) is 0 Å². The molecule has 0 atom stereocenters. The molecule has 0 heterocycles. The SMILES string of the molecule is CCCN(CCC)S(=O)(=O)c1ccc(C(=O)Nc2cccc(C#N)c2)cc1. The molecule has 0 saturated carbocycles. The zero-order valence-electron chi connectivity index (χ0n) is 15.5. The van der Waals surface area contributed by atoms with Gasteiger partial charge in [-0.1, -0.05) is 19.9 Å². The summed E-state index contributed by atoms with van der Waals surface area (Å²) in [5, 5.41) is 11.6. The fourth-order valence-corrected chi connectivity index (χ4v) is 4.27. The molecular formula is C20H23N3O3S. The van der Waals surface area contributed by atoms with Gasteiger partial charge in [0, 0.05) is 24.3 Å². The fraction of sp³-hybridized carbons (Fsp3) is 0.300. The van der Waals surface area contributed by atoms with Crippen LogP contribution >= 0.6 is 0 Å². The van der Waals surface area contributed by atoms with Crippen LogP contribution in [0.2, 0.25) is 0 Å². The van der Waals surface area contributed by atoms with E-state index in [9.17, 15) is 13.2 Å². The standard InChI is InChI=1S/C20H23N3O3S/c1-3-12-23(13-4-2)27(25,26)19-10-8-17(9-11-19)20(24)22-18-7-5-6-16(14-18)15-21/h5-11,14H,3-4,12-13H2,1-2H3,(H,22,24). The van der Waals surface area contributed by atoms with Gasteiger partial charge in [-0.25, -0.2) is 8.42 Å². The van der Waals surface area contributed by atoms with Gasteiger partial charge in [0.25, 0.3) is 5.91 Å². The largest absolute Gasteiger partial charge is 0.322 e. The molecule has 2 aromatic rings. The van der Waals surface area contributed by atoms with Crippen molar-refractivity contribution in [1.29, 1.82) is 5.26 Å². The highest BCUT2D eigenvalue weighted by Crippen LogP contribution is 2.18. The van der Waals surface area contributed by atoms with Crippen molar-refractivity contribution in [3.63, 3.8) is 0 Å². The first-order chi connectivity index (χ1) is 12.9. The van der Waals surface area contributed by atoms with E-state index in [0.29, 0.717) is 29.9 Å². The molecule has 2 rings (SSSR count). The first-order valence-corrected chi connectivity index (χ1v) is 10.3. The van der Waals surface area contributed by atoms with E-state index in [1.54, 1.807) is 24.3 Å². The molecule has 0 aliphatic rings. The van der Waals surface area contributed by atoms with Gasteiger partial charge < -0.3 is 5.32 Å². The second-order valence-electron chi connectivity index (χ2n) is 6.08. The highest BCUT2D eigenvalue weighted by atomic mass is 32.2. The third-order valence-corrected chi connectivity index (χ3v) is 5.86. The predicted molar refractivity (Wildman–Crippen MR) is 105 cm³/mol. The Kier molecular flexibility index (Phi) is 7.11. The Hall–Kier alpha value is -2.69. The number of benzene rings is 2. The second-order valence-corrected chi connectivity index (χ2v) is 8.01. The van der Waals surface area contributed by atoms with Crippen LogP contribution in [0.1, 0.15) is 42.6 Å². The number of amides is 1. The van der Waals surface area contributed by atoms with Gasteiger partial charge in [-0.3, -0.25) is 4.79 Å². The quantitative estimate of drug-likeness (QED) is 0.751. The minimum Gasteiger partial charge on any atom is -0.322 e. The summed E-state index contributed by atoms with van der Waals surface area (Å²) in [4.78, 5) is 12.5. The average molecular weight is 385 g/mol. The molecule has 2 aromatic carbocycles. The molecule has 142 valence electrons. The van der Waals surface area contributed by atoms with Crippen LogP contribution in [-0.2, 0) is 10.0 Å². The first kappa shape index (κ1) is 20.6. The number of carbonyl (C=O) groups is 1. The van der Waals surface area contributed by atoms with Gasteiger partial charge in [-0.2, -0.15) is 9.57 Å². The van der Waals surface area contributed by atoms with Crippen LogP contribution in [0.3, 0.4) is 0 Å². The van der Waals surface area contributed by atoms with Crippen molar-refractivity contribution in [2.45, 2.75) is 31.6 Å². The van der Waals surface area contributed by atoms with E-state index in [-0.39, 0.29) is 10.8 Å². The minimum absolute atomic E-state index is 0.174. The third-order valence-electron chi connectivity index (χ3n) is 3.95. The summed E-state index contributed by atoms with van der Waals surface area (Å²) in [6.45, 7) is 4.81. The Bertz CT molecular complexity index is 926. The number of nitriles is 1. The summed E-state index contributed by atoms with van der Waals surface area (Å²) >= 11 is 0. The van der Waals surface area contributed by atoms with E-state index in [1.165, 1.54) is 28.6 Å². The van der Waals surface area contributed by atoms with E-state index < -0.39 is 10.0 Å². The highest BCUT2D eigenvalue weighted by Gasteiger charge is 2.23. The summed E-state index contributed by atoms with van der Waals surface area (Å²) in [6, 6.07) is 14.5. The molecule has 1 N–H and O–H groups in total. The molecule has 0 aliphatic carbocycles. The van der Waals surface area contributed by atoms with Gasteiger partial charge in [0.2, 0.25) is 10.0 Å². The number of sulfonamides is 1. The van der Waals surface area contributed by atoms with Crippen molar-refractivity contribution < 1.29 is 13.2 Å². The molecule has 0 radical (unpaired) electrons. The second kappa shape index (κ2) is 9.31. The Morgan fingerprint density at radius 1 is 1.07 bits per heavy atom. The van der Waals surface area contributed by atoms with Gasteiger partial charge in [0.1, 0.15) is 0 Å². The van der Waals surface area contributed by atoms with Crippen LogP contribution in [0.25, 0.3) is 0 Å². The summed E-state index contributed by atoms with van der Waals surface area (Å²) in [6.07, 6.45) is 1.48. The molecule has 0 spiro atoms. The lowest BCUT2D eigenvalue weighted by molar-refractivity contribution is 0.102. The summed E-state index contributed by atoms with van der Waals surface area (Å²) < 4.78 is 27.0. The van der Waals surface area contributed by atoms with E-state index in [0.717, 1.165) is 12.8 Å². The lowest BCUT2D eigenvalue weighted by Gasteiger charge is -2.21. The van der Waals surface area contributed by atoms with Crippen LogP contribution in [0.4, 0.5) is 5.69 Å². The summed E-state index contributed by atoms with van der Waals surface area (Å²) in [5.41, 5.74) is 1.29. The van der Waals surface area contributed by atoms with Crippen molar-refractivity contribution >= 4 is 21.6 Å².